The zero-order chi connectivity index (χ0) is 16.4. The predicted octanol–water partition coefficient (Wildman–Crippen LogP) is 3.77. The van der Waals surface area contributed by atoms with E-state index >= 15 is 0 Å². The van der Waals surface area contributed by atoms with Crippen LogP contribution >= 0.6 is 11.6 Å². The van der Waals surface area contributed by atoms with E-state index in [9.17, 15) is 0 Å². The lowest BCUT2D eigenvalue weighted by molar-refractivity contribution is 0.309. The van der Waals surface area contributed by atoms with Gasteiger partial charge in [-0.2, -0.15) is 4.98 Å². The van der Waals surface area contributed by atoms with Gasteiger partial charge in [-0.3, -0.25) is 9.88 Å². The molecule has 0 radical (unpaired) electrons. The van der Waals surface area contributed by atoms with Crippen molar-refractivity contribution in [1.29, 1.82) is 0 Å². The summed E-state index contributed by atoms with van der Waals surface area (Å²) in [5.41, 5.74) is 2.15. The number of rotatable bonds is 4. The highest BCUT2D eigenvalue weighted by molar-refractivity contribution is 6.30. The second-order valence-electron chi connectivity index (χ2n) is 6.04. The molecule has 1 atom stereocenters. The Hall–Kier alpha value is -2.24. The Balaban J connectivity index is 1.43. The number of hydrogen-bond acceptors (Lipinski definition) is 5. The maximum atomic E-state index is 6.06. The molecule has 1 aliphatic heterocycles. The first kappa shape index (κ1) is 15.3. The van der Waals surface area contributed by atoms with Crippen molar-refractivity contribution >= 4 is 11.6 Å². The molecule has 1 aromatic carbocycles. The summed E-state index contributed by atoms with van der Waals surface area (Å²) < 4.78 is 5.49. The molecule has 3 aromatic rings. The van der Waals surface area contributed by atoms with Crippen LogP contribution in [0.3, 0.4) is 0 Å². The van der Waals surface area contributed by atoms with Gasteiger partial charge in [0, 0.05) is 36.1 Å². The highest BCUT2D eigenvalue weighted by atomic mass is 35.5. The number of nitrogens with zero attached hydrogens (tertiary/aromatic N) is 4. The van der Waals surface area contributed by atoms with Crippen molar-refractivity contribution in [1.82, 2.24) is 20.0 Å². The molecule has 1 fully saturated rings. The van der Waals surface area contributed by atoms with Gasteiger partial charge in [0.25, 0.3) is 0 Å². The van der Waals surface area contributed by atoms with Crippen LogP contribution in [0.1, 0.15) is 23.8 Å². The molecule has 24 heavy (non-hydrogen) atoms. The van der Waals surface area contributed by atoms with Crippen LogP contribution in [0.25, 0.3) is 11.4 Å². The fraction of sp³-hybridized carbons (Fsp3) is 0.278. The van der Waals surface area contributed by atoms with Crippen LogP contribution in [0.5, 0.6) is 0 Å². The molecule has 0 spiro atoms. The van der Waals surface area contributed by atoms with Gasteiger partial charge in [0.2, 0.25) is 11.7 Å². The zero-order valence-corrected chi connectivity index (χ0v) is 13.9. The van der Waals surface area contributed by atoms with Crippen molar-refractivity contribution in [2.75, 3.05) is 13.1 Å². The second kappa shape index (κ2) is 6.71. The van der Waals surface area contributed by atoms with E-state index in [4.69, 9.17) is 16.1 Å². The van der Waals surface area contributed by atoms with Gasteiger partial charge < -0.3 is 4.52 Å². The average molecular weight is 341 g/mol. The smallest absolute Gasteiger partial charge is 0.231 e. The van der Waals surface area contributed by atoms with E-state index in [-0.39, 0.29) is 5.92 Å². The van der Waals surface area contributed by atoms with Gasteiger partial charge in [0.15, 0.2) is 0 Å². The molecule has 0 unspecified atom stereocenters. The Kier molecular flexibility index (Phi) is 4.28. The predicted molar refractivity (Wildman–Crippen MR) is 91.6 cm³/mol. The molecule has 4 rings (SSSR count). The minimum atomic E-state index is 0.285. The summed E-state index contributed by atoms with van der Waals surface area (Å²) in [6.07, 6.45) is 4.49. The molecule has 0 aliphatic carbocycles. The van der Waals surface area contributed by atoms with Crippen LogP contribution in [0.4, 0.5) is 0 Å². The van der Waals surface area contributed by atoms with E-state index < -0.39 is 0 Å². The fourth-order valence-corrected chi connectivity index (χ4v) is 3.30. The fourth-order valence-electron chi connectivity index (χ4n) is 3.09. The van der Waals surface area contributed by atoms with E-state index in [0.717, 1.165) is 42.5 Å². The standard InChI is InChI=1S/C18H17ClN4O/c19-16-3-1-2-13(10-16)11-23-9-6-15(12-23)18-21-17(22-24-18)14-4-7-20-8-5-14/h1-5,7-8,10,15H,6,9,11-12H2/t15-/m1/s1. The van der Waals surface area contributed by atoms with Crippen molar-refractivity contribution < 1.29 is 4.52 Å². The summed E-state index contributed by atoms with van der Waals surface area (Å²) in [5, 5.41) is 4.88. The average Bonchev–Trinajstić information content (AvgIpc) is 3.25. The van der Waals surface area contributed by atoms with Crippen molar-refractivity contribution in [3.8, 4) is 11.4 Å². The number of hydrogen-bond donors (Lipinski definition) is 0. The molecule has 0 N–H and O–H groups in total. The number of benzene rings is 1. The molecule has 122 valence electrons. The summed E-state index contributed by atoms with van der Waals surface area (Å²) in [6, 6.07) is 11.8. The van der Waals surface area contributed by atoms with Crippen molar-refractivity contribution in [3.05, 3.63) is 65.3 Å². The van der Waals surface area contributed by atoms with Crippen LogP contribution in [0.2, 0.25) is 5.02 Å². The van der Waals surface area contributed by atoms with Crippen LogP contribution in [-0.2, 0) is 6.54 Å². The van der Waals surface area contributed by atoms with Gasteiger partial charge in [-0.1, -0.05) is 28.9 Å². The zero-order valence-electron chi connectivity index (χ0n) is 13.1. The quantitative estimate of drug-likeness (QED) is 0.723. The van der Waals surface area contributed by atoms with Crippen molar-refractivity contribution in [3.63, 3.8) is 0 Å². The maximum Gasteiger partial charge on any atom is 0.231 e. The molecule has 1 aliphatic rings. The highest BCUT2D eigenvalue weighted by Gasteiger charge is 2.28. The summed E-state index contributed by atoms with van der Waals surface area (Å²) in [7, 11) is 0. The highest BCUT2D eigenvalue weighted by Crippen LogP contribution is 2.28. The number of pyridine rings is 1. The normalized spacial score (nSPS) is 18.1. The monoisotopic (exact) mass is 340 g/mol. The molecule has 5 nitrogen and oxygen atoms in total. The van der Waals surface area contributed by atoms with E-state index in [0.29, 0.717) is 5.82 Å². The van der Waals surface area contributed by atoms with Gasteiger partial charge in [-0.25, -0.2) is 0 Å². The largest absolute Gasteiger partial charge is 0.339 e. The Morgan fingerprint density at radius 3 is 2.92 bits per heavy atom. The van der Waals surface area contributed by atoms with Crippen LogP contribution < -0.4 is 0 Å². The van der Waals surface area contributed by atoms with E-state index in [2.05, 4.69) is 26.1 Å². The van der Waals surface area contributed by atoms with Gasteiger partial charge >= 0.3 is 0 Å². The van der Waals surface area contributed by atoms with E-state index in [1.54, 1.807) is 12.4 Å². The lowest BCUT2D eigenvalue weighted by Crippen LogP contribution is -2.19. The third-order valence-corrected chi connectivity index (χ3v) is 4.53. The Morgan fingerprint density at radius 2 is 2.08 bits per heavy atom. The van der Waals surface area contributed by atoms with E-state index in [1.165, 1.54) is 5.56 Å². The second-order valence-corrected chi connectivity index (χ2v) is 6.48. The number of aromatic nitrogens is 3. The Bertz CT molecular complexity index is 821. The molecule has 2 aromatic heterocycles. The molecule has 0 saturated carbocycles. The third kappa shape index (κ3) is 3.32. The van der Waals surface area contributed by atoms with Gasteiger partial charge in [0.05, 0.1) is 5.92 Å². The Labute approximate surface area is 145 Å². The molecule has 3 heterocycles. The van der Waals surface area contributed by atoms with Crippen LogP contribution in [-0.4, -0.2) is 33.1 Å². The number of likely N-dealkylation sites (tertiary alicyclic amines) is 1. The molecular weight excluding hydrogens is 324 g/mol. The summed E-state index contributed by atoms with van der Waals surface area (Å²) >= 11 is 6.06. The number of halogens is 1. The first-order valence-corrected chi connectivity index (χ1v) is 8.36. The van der Waals surface area contributed by atoms with Gasteiger partial charge in [-0.15, -0.1) is 0 Å². The minimum absolute atomic E-state index is 0.285. The van der Waals surface area contributed by atoms with Crippen molar-refractivity contribution in [2.24, 2.45) is 0 Å². The van der Waals surface area contributed by atoms with Crippen LogP contribution in [0.15, 0.2) is 53.3 Å². The Morgan fingerprint density at radius 1 is 1.21 bits per heavy atom. The van der Waals surface area contributed by atoms with Gasteiger partial charge in [-0.05, 0) is 42.8 Å². The first-order chi connectivity index (χ1) is 11.8. The lowest BCUT2D eigenvalue weighted by Gasteiger charge is -2.15. The topological polar surface area (TPSA) is 55.1 Å². The van der Waals surface area contributed by atoms with E-state index in [1.807, 2.05) is 30.3 Å². The minimum Gasteiger partial charge on any atom is -0.339 e. The summed E-state index contributed by atoms with van der Waals surface area (Å²) in [5.74, 6) is 1.63. The molecule has 1 saturated heterocycles. The van der Waals surface area contributed by atoms with Crippen LogP contribution in [0, 0.1) is 0 Å². The molecule has 0 amide bonds. The molecule has 0 bridgehead atoms. The SMILES string of the molecule is Clc1cccc(CN2CC[C@@H](c3nc(-c4ccncc4)no3)C2)c1. The lowest BCUT2D eigenvalue weighted by atomic mass is 10.1. The molecular formula is C18H17ClN4O. The summed E-state index contributed by atoms with van der Waals surface area (Å²) in [6.45, 7) is 2.83. The third-order valence-electron chi connectivity index (χ3n) is 4.30. The van der Waals surface area contributed by atoms with Crippen molar-refractivity contribution in [2.45, 2.75) is 18.9 Å². The van der Waals surface area contributed by atoms with Gasteiger partial charge in [0.1, 0.15) is 0 Å². The summed E-state index contributed by atoms with van der Waals surface area (Å²) in [4.78, 5) is 11.0. The first-order valence-electron chi connectivity index (χ1n) is 7.99. The maximum absolute atomic E-state index is 6.06. The molecule has 6 heteroatoms.